The zero-order valence-electron chi connectivity index (χ0n) is 13.7. The molecule has 0 bridgehead atoms. The molecule has 0 fully saturated rings. The van der Waals surface area contributed by atoms with Crippen molar-refractivity contribution in [2.75, 3.05) is 10.6 Å². The van der Waals surface area contributed by atoms with Gasteiger partial charge in [0.2, 0.25) is 5.95 Å². The molecule has 0 unspecified atom stereocenters. The maximum Gasteiger partial charge on any atom is 0.224 e. The maximum absolute atomic E-state index is 4.52. The predicted molar refractivity (Wildman–Crippen MR) is 103 cm³/mol. The van der Waals surface area contributed by atoms with Gasteiger partial charge < -0.3 is 10.6 Å². The van der Waals surface area contributed by atoms with Crippen LogP contribution in [0.15, 0.2) is 59.2 Å². The van der Waals surface area contributed by atoms with E-state index in [0.29, 0.717) is 12.5 Å². The average molecular weight is 383 g/mol. The topological polar surface area (TPSA) is 49.8 Å². The smallest absolute Gasteiger partial charge is 0.224 e. The van der Waals surface area contributed by atoms with Crippen LogP contribution in [0.2, 0.25) is 0 Å². The number of hydrogen-bond donors (Lipinski definition) is 2. The molecule has 0 saturated heterocycles. The highest BCUT2D eigenvalue weighted by molar-refractivity contribution is 9.10. The molecule has 0 spiro atoms. The lowest BCUT2D eigenvalue weighted by molar-refractivity contribution is 1.04. The normalized spacial score (nSPS) is 10.5. The van der Waals surface area contributed by atoms with Gasteiger partial charge in [0.05, 0.1) is 0 Å². The van der Waals surface area contributed by atoms with Crippen molar-refractivity contribution in [3.8, 4) is 0 Å². The van der Waals surface area contributed by atoms with Crippen LogP contribution in [0, 0.1) is 13.8 Å². The largest absolute Gasteiger partial charge is 0.350 e. The van der Waals surface area contributed by atoms with Crippen molar-refractivity contribution in [2.24, 2.45) is 0 Å². The van der Waals surface area contributed by atoms with Crippen LogP contribution in [-0.4, -0.2) is 9.97 Å². The molecule has 0 aliphatic heterocycles. The third kappa shape index (κ3) is 4.11. The van der Waals surface area contributed by atoms with Crippen molar-refractivity contribution in [3.05, 3.63) is 75.9 Å². The van der Waals surface area contributed by atoms with Crippen LogP contribution in [0.4, 0.5) is 17.5 Å². The van der Waals surface area contributed by atoms with Crippen molar-refractivity contribution in [1.82, 2.24) is 9.97 Å². The fourth-order valence-electron chi connectivity index (χ4n) is 2.37. The van der Waals surface area contributed by atoms with Gasteiger partial charge in [-0.25, -0.2) is 4.98 Å². The molecule has 0 aliphatic rings. The quantitative estimate of drug-likeness (QED) is 0.635. The number of benzene rings is 2. The summed E-state index contributed by atoms with van der Waals surface area (Å²) in [6.07, 6.45) is 1.75. The third-order valence-corrected chi connectivity index (χ3v) is 4.67. The minimum Gasteiger partial charge on any atom is -0.350 e. The Bertz CT molecular complexity index is 848. The van der Waals surface area contributed by atoms with E-state index in [-0.39, 0.29) is 0 Å². The Balaban J connectivity index is 1.69. The van der Waals surface area contributed by atoms with Gasteiger partial charge in [-0.2, -0.15) is 4.98 Å². The van der Waals surface area contributed by atoms with E-state index in [1.54, 1.807) is 6.20 Å². The van der Waals surface area contributed by atoms with E-state index in [0.717, 1.165) is 16.0 Å². The van der Waals surface area contributed by atoms with E-state index >= 15 is 0 Å². The first-order chi connectivity index (χ1) is 11.6. The Hall–Kier alpha value is -2.40. The van der Waals surface area contributed by atoms with Crippen molar-refractivity contribution in [2.45, 2.75) is 20.4 Å². The van der Waals surface area contributed by atoms with E-state index < -0.39 is 0 Å². The van der Waals surface area contributed by atoms with Gasteiger partial charge in [0.1, 0.15) is 5.82 Å². The Morgan fingerprint density at radius 1 is 1.00 bits per heavy atom. The zero-order chi connectivity index (χ0) is 16.9. The minimum absolute atomic E-state index is 0.608. The summed E-state index contributed by atoms with van der Waals surface area (Å²) >= 11 is 3.51. The molecule has 0 atom stereocenters. The Kier molecular flexibility index (Phi) is 5.11. The fourth-order valence-corrected chi connectivity index (χ4v) is 2.61. The van der Waals surface area contributed by atoms with Gasteiger partial charge in [-0.1, -0.05) is 40.2 Å². The van der Waals surface area contributed by atoms with E-state index in [1.165, 1.54) is 16.7 Å². The average Bonchev–Trinajstić information content (AvgIpc) is 2.58. The van der Waals surface area contributed by atoms with E-state index in [4.69, 9.17) is 0 Å². The van der Waals surface area contributed by atoms with Crippen LogP contribution in [0.5, 0.6) is 0 Å². The molecule has 4 nitrogen and oxygen atoms in total. The SMILES string of the molecule is Cc1cc(Nc2ccnc(NCc3ccccc3C)n2)ccc1Br. The standard InChI is InChI=1S/C19H19BrN4/c1-13-5-3-4-6-15(13)12-22-19-21-10-9-18(24-19)23-16-7-8-17(20)14(2)11-16/h3-11H,12H2,1-2H3,(H2,21,22,23,24). The van der Waals surface area contributed by atoms with Crippen LogP contribution >= 0.6 is 15.9 Å². The molecular formula is C19H19BrN4. The Labute approximate surface area is 150 Å². The summed E-state index contributed by atoms with van der Waals surface area (Å²) in [5.74, 6) is 1.37. The van der Waals surface area contributed by atoms with Crippen molar-refractivity contribution in [3.63, 3.8) is 0 Å². The maximum atomic E-state index is 4.52. The lowest BCUT2D eigenvalue weighted by Crippen LogP contribution is -2.06. The molecule has 1 heterocycles. The summed E-state index contributed by atoms with van der Waals surface area (Å²) in [6, 6.07) is 16.3. The van der Waals surface area contributed by atoms with Crippen LogP contribution in [0.1, 0.15) is 16.7 Å². The lowest BCUT2D eigenvalue weighted by atomic mass is 10.1. The van der Waals surface area contributed by atoms with E-state index in [2.05, 4.69) is 68.6 Å². The van der Waals surface area contributed by atoms with Gasteiger partial charge in [-0.05, 0) is 54.8 Å². The molecule has 2 N–H and O–H groups in total. The molecule has 0 saturated carbocycles. The Morgan fingerprint density at radius 2 is 1.83 bits per heavy atom. The molecule has 3 aromatic rings. The summed E-state index contributed by atoms with van der Waals surface area (Å²) in [5, 5.41) is 6.59. The predicted octanol–water partition coefficient (Wildman–Crippen LogP) is 5.21. The lowest BCUT2D eigenvalue weighted by Gasteiger charge is -2.10. The van der Waals surface area contributed by atoms with Crippen LogP contribution in [0.25, 0.3) is 0 Å². The van der Waals surface area contributed by atoms with Crippen LogP contribution in [-0.2, 0) is 6.54 Å². The number of nitrogens with zero attached hydrogens (tertiary/aromatic N) is 2. The zero-order valence-corrected chi connectivity index (χ0v) is 15.3. The molecule has 122 valence electrons. The first kappa shape index (κ1) is 16.5. The number of anilines is 3. The van der Waals surface area contributed by atoms with Gasteiger partial charge in [0.25, 0.3) is 0 Å². The number of nitrogens with one attached hydrogen (secondary N) is 2. The molecule has 0 radical (unpaired) electrons. The number of rotatable bonds is 5. The monoisotopic (exact) mass is 382 g/mol. The molecule has 3 rings (SSSR count). The van der Waals surface area contributed by atoms with Crippen molar-refractivity contribution < 1.29 is 0 Å². The first-order valence-electron chi connectivity index (χ1n) is 7.76. The summed E-state index contributed by atoms with van der Waals surface area (Å²) < 4.78 is 1.09. The first-order valence-corrected chi connectivity index (χ1v) is 8.56. The summed E-state index contributed by atoms with van der Waals surface area (Å²) in [5.41, 5.74) is 4.67. The molecule has 24 heavy (non-hydrogen) atoms. The molecule has 0 amide bonds. The number of halogens is 1. The summed E-state index contributed by atoms with van der Waals surface area (Å²) in [4.78, 5) is 8.81. The van der Waals surface area contributed by atoms with Gasteiger partial charge in [0.15, 0.2) is 0 Å². The highest BCUT2D eigenvalue weighted by Crippen LogP contribution is 2.22. The van der Waals surface area contributed by atoms with Crippen molar-refractivity contribution >= 4 is 33.4 Å². The van der Waals surface area contributed by atoms with Gasteiger partial charge in [-0.3, -0.25) is 0 Å². The van der Waals surface area contributed by atoms with E-state index in [1.807, 2.05) is 30.3 Å². The second-order valence-electron chi connectivity index (χ2n) is 5.63. The summed E-state index contributed by atoms with van der Waals surface area (Å²) in [7, 11) is 0. The molecule has 1 aromatic heterocycles. The van der Waals surface area contributed by atoms with Gasteiger partial charge in [0, 0.05) is 22.9 Å². The second kappa shape index (κ2) is 7.45. The molecule has 0 aliphatic carbocycles. The van der Waals surface area contributed by atoms with Gasteiger partial charge >= 0.3 is 0 Å². The second-order valence-corrected chi connectivity index (χ2v) is 6.49. The molecule has 5 heteroatoms. The Morgan fingerprint density at radius 3 is 2.62 bits per heavy atom. The molecule has 2 aromatic carbocycles. The highest BCUT2D eigenvalue weighted by Gasteiger charge is 2.03. The molecular weight excluding hydrogens is 364 g/mol. The third-order valence-electron chi connectivity index (χ3n) is 3.78. The summed E-state index contributed by atoms with van der Waals surface area (Å²) in [6.45, 7) is 4.86. The fraction of sp³-hybridized carbons (Fsp3) is 0.158. The van der Waals surface area contributed by atoms with Crippen LogP contribution < -0.4 is 10.6 Å². The van der Waals surface area contributed by atoms with Crippen molar-refractivity contribution in [1.29, 1.82) is 0 Å². The minimum atomic E-state index is 0.608. The number of aromatic nitrogens is 2. The van der Waals surface area contributed by atoms with Crippen LogP contribution in [0.3, 0.4) is 0 Å². The van der Waals surface area contributed by atoms with Gasteiger partial charge in [-0.15, -0.1) is 0 Å². The number of hydrogen-bond acceptors (Lipinski definition) is 4. The number of aryl methyl sites for hydroxylation is 2. The van der Waals surface area contributed by atoms with E-state index in [9.17, 15) is 0 Å². The highest BCUT2D eigenvalue weighted by atomic mass is 79.9.